The van der Waals surface area contributed by atoms with E-state index in [4.69, 9.17) is 11.6 Å². The van der Waals surface area contributed by atoms with Gasteiger partial charge in [-0.25, -0.2) is 23.1 Å². The van der Waals surface area contributed by atoms with Gasteiger partial charge in [0.2, 0.25) is 10.0 Å². The van der Waals surface area contributed by atoms with Crippen molar-refractivity contribution in [3.05, 3.63) is 46.4 Å². The van der Waals surface area contributed by atoms with Crippen LogP contribution in [0.25, 0.3) is 0 Å². The first kappa shape index (κ1) is 17.7. The summed E-state index contributed by atoms with van der Waals surface area (Å²) in [7, 11) is 0.0466. The van der Waals surface area contributed by atoms with Crippen LogP contribution in [0.2, 0.25) is 5.02 Å². The number of sulfonamides is 1. The highest BCUT2D eigenvalue weighted by molar-refractivity contribution is 7.89. The van der Waals surface area contributed by atoms with E-state index in [0.29, 0.717) is 16.4 Å². The Morgan fingerprint density at radius 2 is 1.87 bits per heavy atom. The van der Waals surface area contributed by atoms with Crippen molar-refractivity contribution in [1.29, 1.82) is 0 Å². The topological polar surface area (TPSA) is 75.2 Å². The molecule has 0 bridgehead atoms. The Morgan fingerprint density at radius 1 is 1.17 bits per heavy atom. The van der Waals surface area contributed by atoms with Crippen molar-refractivity contribution in [2.45, 2.75) is 25.3 Å². The first-order chi connectivity index (χ1) is 10.7. The molecule has 6 nitrogen and oxygen atoms in total. The van der Waals surface area contributed by atoms with Gasteiger partial charge < -0.3 is 4.90 Å². The first-order valence-corrected chi connectivity index (χ1v) is 8.83. The molecule has 2 rings (SSSR count). The molecule has 0 aliphatic rings. The molecule has 1 N–H and O–H groups in total. The van der Waals surface area contributed by atoms with Gasteiger partial charge in [-0.2, -0.15) is 0 Å². The Bertz CT molecular complexity index is 822. The Hall–Kier alpha value is -1.70. The third kappa shape index (κ3) is 4.40. The molecule has 0 saturated heterocycles. The molecule has 1 heterocycles. The lowest BCUT2D eigenvalue weighted by Gasteiger charge is -2.14. The van der Waals surface area contributed by atoms with Crippen LogP contribution in [-0.4, -0.2) is 32.5 Å². The summed E-state index contributed by atoms with van der Waals surface area (Å²) in [5.74, 6) is 1.14. The van der Waals surface area contributed by atoms with E-state index in [2.05, 4.69) is 14.7 Å². The summed E-state index contributed by atoms with van der Waals surface area (Å²) in [4.78, 5) is 10.6. The highest BCUT2D eigenvalue weighted by Gasteiger charge is 2.18. The molecule has 0 amide bonds. The van der Waals surface area contributed by atoms with Crippen molar-refractivity contribution in [1.82, 2.24) is 14.7 Å². The van der Waals surface area contributed by atoms with E-state index < -0.39 is 10.0 Å². The van der Waals surface area contributed by atoms with E-state index in [1.54, 1.807) is 19.1 Å². The summed E-state index contributed by atoms with van der Waals surface area (Å²) in [5, 5.41) is 0.373. The number of anilines is 1. The second kappa shape index (κ2) is 6.82. The van der Waals surface area contributed by atoms with Crippen LogP contribution >= 0.6 is 11.6 Å². The Morgan fingerprint density at radius 3 is 2.52 bits per heavy atom. The van der Waals surface area contributed by atoms with E-state index in [1.807, 2.05) is 32.0 Å². The molecule has 0 saturated carbocycles. The average molecular weight is 355 g/mol. The fourth-order valence-corrected chi connectivity index (χ4v) is 3.51. The molecule has 2 aromatic rings. The zero-order chi connectivity index (χ0) is 17.2. The van der Waals surface area contributed by atoms with Gasteiger partial charge in [0.1, 0.15) is 11.6 Å². The van der Waals surface area contributed by atoms with Gasteiger partial charge in [-0.1, -0.05) is 17.7 Å². The van der Waals surface area contributed by atoms with Crippen LogP contribution in [0, 0.1) is 13.8 Å². The minimum absolute atomic E-state index is 0.0107. The highest BCUT2D eigenvalue weighted by Crippen LogP contribution is 2.20. The molecule has 0 aliphatic heterocycles. The second-order valence-electron chi connectivity index (χ2n) is 5.41. The summed E-state index contributed by atoms with van der Waals surface area (Å²) in [5.41, 5.74) is 1.40. The van der Waals surface area contributed by atoms with E-state index >= 15 is 0 Å². The van der Waals surface area contributed by atoms with Crippen molar-refractivity contribution in [2.24, 2.45) is 0 Å². The molecule has 0 radical (unpaired) electrons. The van der Waals surface area contributed by atoms with Crippen molar-refractivity contribution < 1.29 is 8.42 Å². The van der Waals surface area contributed by atoms with Crippen LogP contribution in [0.4, 0.5) is 5.82 Å². The van der Waals surface area contributed by atoms with Crippen LogP contribution in [0.3, 0.4) is 0 Å². The predicted octanol–water partition coefficient (Wildman–Crippen LogP) is 2.29. The van der Waals surface area contributed by atoms with Crippen LogP contribution < -0.4 is 9.62 Å². The van der Waals surface area contributed by atoms with Gasteiger partial charge >= 0.3 is 0 Å². The average Bonchev–Trinajstić information content (AvgIpc) is 2.47. The molecule has 1 aromatic heterocycles. The summed E-state index contributed by atoms with van der Waals surface area (Å²) < 4.78 is 27.4. The van der Waals surface area contributed by atoms with Crippen LogP contribution in [-0.2, 0) is 16.6 Å². The molecule has 0 aliphatic carbocycles. The lowest BCUT2D eigenvalue weighted by molar-refractivity contribution is 0.578. The van der Waals surface area contributed by atoms with Gasteiger partial charge in [-0.05, 0) is 31.5 Å². The normalized spacial score (nSPS) is 11.5. The summed E-state index contributed by atoms with van der Waals surface area (Å²) in [6, 6.07) is 6.59. The smallest absolute Gasteiger partial charge is 0.241 e. The molecule has 23 heavy (non-hydrogen) atoms. The third-order valence-electron chi connectivity index (χ3n) is 3.21. The van der Waals surface area contributed by atoms with Crippen molar-refractivity contribution in [3.8, 4) is 0 Å². The number of benzene rings is 1. The van der Waals surface area contributed by atoms with Gasteiger partial charge in [0.25, 0.3) is 0 Å². The maximum atomic E-state index is 12.4. The van der Waals surface area contributed by atoms with E-state index in [9.17, 15) is 8.42 Å². The third-order valence-corrected chi connectivity index (χ3v) is 4.98. The quantitative estimate of drug-likeness (QED) is 0.891. The molecule has 0 unspecified atom stereocenters. The Labute approximate surface area is 141 Å². The van der Waals surface area contributed by atoms with Gasteiger partial charge in [0.15, 0.2) is 0 Å². The molecular formula is C15H19ClN4O2S. The zero-order valence-electron chi connectivity index (χ0n) is 13.5. The number of rotatable bonds is 5. The number of hydrogen-bond acceptors (Lipinski definition) is 5. The zero-order valence-corrected chi connectivity index (χ0v) is 15.0. The number of halogens is 1. The number of nitrogens with one attached hydrogen (secondary N) is 1. The minimum atomic E-state index is -3.69. The largest absolute Gasteiger partial charge is 0.363 e. The van der Waals surface area contributed by atoms with Gasteiger partial charge in [-0.3, -0.25) is 0 Å². The van der Waals surface area contributed by atoms with Crippen LogP contribution in [0.1, 0.15) is 17.1 Å². The van der Waals surface area contributed by atoms with Gasteiger partial charge in [-0.15, -0.1) is 0 Å². The van der Waals surface area contributed by atoms with E-state index in [1.165, 1.54) is 6.07 Å². The number of nitrogens with zero attached hydrogens (tertiary/aromatic N) is 3. The predicted molar refractivity (Wildman–Crippen MR) is 91.3 cm³/mol. The highest BCUT2D eigenvalue weighted by atomic mass is 35.5. The van der Waals surface area contributed by atoms with E-state index in [0.717, 1.165) is 11.5 Å². The van der Waals surface area contributed by atoms with E-state index in [-0.39, 0.29) is 11.4 Å². The number of hydrogen-bond donors (Lipinski definition) is 1. The summed E-state index contributed by atoms with van der Waals surface area (Å²) in [6.45, 7) is 3.57. The van der Waals surface area contributed by atoms with Crippen molar-refractivity contribution >= 4 is 27.4 Å². The minimum Gasteiger partial charge on any atom is -0.363 e. The fourth-order valence-electron chi connectivity index (χ4n) is 2.02. The molecule has 0 spiro atoms. The Balaban J connectivity index is 2.24. The molecule has 8 heteroatoms. The number of aromatic nitrogens is 2. The lowest BCUT2D eigenvalue weighted by Crippen LogP contribution is -2.25. The van der Waals surface area contributed by atoms with Crippen molar-refractivity contribution in [3.63, 3.8) is 0 Å². The van der Waals surface area contributed by atoms with Crippen LogP contribution in [0.5, 0.6) is 0 Å². The summed E-state index contributed by atoms with van der Waals surface area (Å²) in [6.07, 6.45) is 0. The maximum absolute atomic E-state index is 12.4. The Kier molecular flexibility index (Phi) is 5.23. The second-order valence-corrected chi connectivity index (χ2v) is 7.58. The molecule has 1 aromatic carbocycles. The van der Waals surface area contributed by atoms with Crippen LogP contribution in [0.15, 0.2) is 29.2 Å². The molecule has 0 atom stereocenters. The summed E-state index contributed by atoms with van der Waals surface area (Å²) >= 11 is 5.89. The molecular weight excluding hydrogens is 336 g/mol. The van der Waals surface area contributed by atoms with Gasteiger partial charge in [0.05, 0.1) is 11.4 Å². The number of aryl methyl sites for hydroxylation is 2. The molecule has 0 fully saturated rings. The first-order valence-electron chi connectivity index (χ1n) is 6.97. The standard InChI is InChI=1S/C15H19ClN4O2S/c1-10-5-6-12(16)8-13(10)23(21,22)17-9-14-18-11(2)7-15(19-14)20(3)4/h5-8,17H,9H2,1-4H3. The monoisotopic (exact) mass is 354 g/mol. The SMILES string of the molecule is Cc1cc(N(C)C)nc(CNS(=O)(=O)c2cc(Cl)ccc2C)n1. The van der Waals surface area contributed by atoms with Gasteiger partial charge in [0, 0.05) is 30.9 Å². The van der Waals surface area contributed by atoms with Crippen molar-refractivity contribution in [2.75, 3.05) is 19.0 Å². The maximum Gasteiger partial charge on any atom is 0.241 e. The lowest BCUT2D eigenvalue weighted by atomic mass is 10.2. The molecule has 124 valence electrons. The fraction of sp³-hybridized carbons (Fsp3) is 0.333.